The molecule has 0 atom stereocenters. The van der Waals surface area contributed by atoms with Gasteiger partial charge in [-0.2, -0.15) is 0 Å². The van der Waals surface area contributed by atoms with E-state index in [0.717, 1.165) is 37.6 Å². The predicted octanol–water partition coefficient (Wildman–Crippen LogP) is 13.5. The Morgan fingerprint density at radius 1 is 0.378 bits per heavy atom. The summed E-state index contributed by atoms with van der Waals surface area (Å²) in [6, 6.07) is 28.3. The van der Waals surface area contributed by atoms with E-state index in [9.17, 15) is 0 Å². The lowest BCUT2D eigenvalue weighted by Crippen LogP contribution is -2.06. The monoisotopic (exact) mass is 612 g/mol. The molecule has 0 aliphatic carbocycles. The van der Waals surface area contributed by atoms with Crippen LogP contribution in [0.25, 0.3) is 0 Å². The summed E-state index contributed by atoms with van der Waals surface area (Å²) in [5.41, 5.74) is 3.80. The zero-order chi connectivity index (χ0) is 31.6. The predicted molar refractivity (Wildman–Crippen MR) is 195 cm³/mol. The summed E-state index contributed by atoms with van der Waals surface area (Å²) in [7, 11) is 0. The van der Waals surface area contributed by atoms with Crippen LogP contribution in [0.5, 0.6) is 11.5 Å². The van der Waals surface area contributed by atoms with Gasteiger partial charge in [0.25, 0.3) is 0 Å². The average Bonchev–Trinajstić information content (AvgIpc) is 3.07. The highest BCUT2D eigenvalue weighted by Crippen LogP contribution is 2.36. The van der Waals surface area contributed by atoms with E-state index in [0.29, 0.717) is 0 Å². The van der Waals surface area contributed by atoms with Crippen molar-refractivity contribution in [3.63, 3.8) is 0 Å². The molecule has 0 spiro atoms. The van der Waals surface area contributed by atoms with Crippen molar-refractivity contribution in [1.82, 2.24) is 0 Å². The summed E-state index contributed by atoms with van der Waals surface area (Å²) in [6.45, 7) is 6.10. The Bertz CT molecular complexity index is 1010. The Labute approximate surface area is 277 Å². The Morgan fingerprint density at radius 3 is 1.07 bits per heavy atom. The van der Waals surface area contributed by atoms with Crippen LogP contribution in [0.3, 0.4) is 0 Å². The van der Waals surface area contributed by atoms with Gasteiger partial charge in [-0.1, -0.05) is 190 Å². The maximum atomic E-state index is 6.41. The minimum Gasteiger partial charge on any atom is -0.493 e. The van der Waals surface area contributed by atoms with Gasteiger partial charge in [0.1, 0.15) is 11.5 Å². The van der Waals surface area contributed by atoms with Gasteiger partial charge in [-0.15, -0.1) is 0 Å². The molecule has 0 aliphatic rings. The van der Waals surface area contributed by atoms with E-state index in [4.69, 9.17) is 9.47 Å². The highest BCUT2D eigenvalue weighted by Gasteiger charge is 2.19. The highest BCUT2D eigenvalue weighted by molar-refractivity contribution is 5.48. The van der Waals surface area contributed by atoms with Crippen molar-refractivity contribution in [2.24, 2.45) is 0 Å². The second-order valence-electron chi connectivity index (χ2n) is 13.1. The highest BCUT2D eigenvalue weighted by atomic mass is 16.5. The van der Waals surface area contributed by atoms with Crippen molar-refractivity contribution in [2.75, 3.05) is 13.2 Å². The maximum Gasteiger partial charge on any atom is 0.123 e. The van der Waals surface area contributed by atoms with Crippen LogP contribution in [0, 0.1) is 0 Å². The minimum absolute atomic E-state index is 0.132. The maximum absolute atomic E-state index is 6.41. The fourth-order valence-corrected chi connectivity index (χ4v) is 6.35. The molecule has 0 radical (unpaired) electrons. The molecule has 0 aromatic heterocycles. The van der Waals surface area contributed by atoms with Gasteiger partial charge in [0, 0.05) is 12.0 Å². The number of unbranched alkanes of at least 4 members (excludes halogenated alkanes) is 18. The molecule has 2 nitrogen and oxygen atoms in total. The fraction of sp³-hybridized carbons (Fsp3) is 0.581. The van der Waals surface area contributed by atoms with E-state index in [1.54, 1.807) is 0 Å². The molecular formula is C43H64O2. The fourth-order valence-electron chi connectivity index (χ4n) is 6.35. The van der Waals surface area contributed by atoms with Crippen LogP contribution in [0.4, 0.5) is 0 Å². The molecule has 0 unspecified atom stereocenters. The molecule has 0 saturated carbocycles. The third-order valence-electron chi connectivity index (χ3n) is 9.03. The molecule has 0 bridgehead atoms. The van der Waals surface area contributed by atoms with Gasteiger partial charge < -0.3 is 9.47 Å². The Morgan fingerprint density at radius 2 is 0.711 bits per heavy atom. The lowest BCUT2D eigenvalue weighted by molar-refractivity contribution is 0.289. The Hall–Kier alpha value is -2.74. The van der Waals surface area contributed by atoms with Gasteiger partial charge in [-0.05, 0) is 41.7 Å². The first-order chi connectivity index (χ1) is 22.3. The molecular weight excluding hydrogens is 548 g/mol. The minimum atomic E-state index is 0.132. The van der Waals surface area contributed by atoms with E-state index in [1.807, 2.05) is 0 Å². The van der Waals surface area contributed by atoms with E-state index in [-0.39, 0.29) is 5.92 Å². The van der Waals surface area contributed by atoms with Crippen molar-refractivity contribution in [2.45, 2.75) is 148 Å². The quantitative estimate of drug-likeness (QED) is 0.0630. The number of rotatable bonds is 27. The van der Waals surface area contributed by atoms with Crippen LogP contribution in [0.2, 0.25) is 0 Å². The Balaban J connectivity index is 1.55. The molecule has 0 aliphatic heterocycles. The summed E-state index contributed by atoms with van der Waals surface area (Å²) < 4.78 is 12.8. The summed E-state index contributed by atoms with van der Waals surface area (Å²) in [6.07, 6.45) is 26.7. The topological polar surface area (TPSA) is 18.5 Å². The number of hydrogen-bond acceptors (Lipinski definition) is 2. The molecule has 45 heavy (non-hydrogen) atoms. The van der Waals surface area contributed by atoms with Crippen molar-refractivity contribution >= 4 is 0 Å². The number of ether oxygens (including phenoxy) is 2. The first-order valence-electron chi connectivity index (χ1n) is 18.8. The summed E-state index contributed by atoms with van der Waals surface area (Å²) in [5.74, 6) is 1.99. The van der Waals surface area contributed by atoms with Gasteiger partial charge in [0.15, 0.2) is 0 Å². The van der Waals surface area contributed by atoms with Gasteiger partial charge in [0.05, 0.1) is 13.2 Å². The zero-order valence-electron chi connectivity index (χ0n) is 29.0. The molecule has 0 heterocycles. The van der Waals surface area contributed by atoms with Crippen molar-refractivity contribution in [3.8, 4) is 11.5 Å². The van der Waals surface area contributed by atoms with Crippen LogP contribution in [0.15, 0.2) is 78.9 Å². The van der Waals surface area contributed by atoms with E-state index in [2.05, 4.69) is 92.7 Å². The smallest absolute Gasteiger partial charge is 0.123 e. The van der Waals surface area contributed by atoms with Crippen LogP contribution < -0.4 is 9.47 Å². The molecule has 0 saturated heterocycles. The van der Waals surface area contributed by atoms with E-state index < -0.39 is 0 Å². The second-order valence-corrected chi connectivity index (χ2v) is 13.1. The summed E-state index contributed by atoms with van der Waals surface area (Å²) >= 11 is 0. The van der Waals surface area contributed by atoms with Crippen molar-refractivity contribution < 1.29 is 9.47 Å². The first kappa shape index (κ1) is 36.7. The molecule has 3 aromatic rings. The van der Waals surface area contributed by atoms with Crippen molar-refractivity contribution in [3.05, 3.63) is 95.6 Å². The first-order valence-corrected chi connectivity index (χ1v) is 18.8. The molecule has 248 valence electrons. The SMILES string of the molecule is CCCCCCCCCCCCOc1cc(OCCCCCCCCCCCC)cc(C(c2ccccc2)c2ccccc2)c1. The number of benzene rings is 3. The van der Waals surface area contributed by atoms with Gasteiger partial charge >= 0.3 is 0 Å². The standard InChI is InChI=1S/C43H64O2/c1-3-5-7-9-11-13-15-17-19-27-33-44-41-35-40(43(38-29-23-21-24-30-38)39-31-25-22-26-32-39)36-42(37-41)45-34-28-20-18-16-14-12-10-8-6-4-2/h21-26,29-32,35-37,43H,3-20,27-28,33-34H2,1-2H3. The zero-order valence-corrected chi connectivity index (χ0v) is 29.0. The molecule has 0 fully saturated rings. The van der Waals surface area contributed by atoms with Crippen LogP contribution >= 0.6 is 0 Å². The van der Waals surface area contributed by atoms with Gasteiger partial charge in [-0.3, -0.25) is 0 Å². The third-order valence-corrected chi connectivity index (χ3v) is 9.03. The molecule has 2 heteroatoms. The van der Waals surface area contributed by atoms with E-state index >= 15 is 0 Å². The molecule has 0 amide bonds. The van der Waals surface area contributed by atoms with Crippen LogP contribution in [-0.4, -0.2) is 13.2 Å². The lowest BCUT2D eigenvalue weighted by Gasteiger charge is -2.21. The van der Waals surface area contributed by atoms with Crippen LogP contribution in [0.1, 0.15) is 165 Å². The largest absolute Gasteiger partial charge is 0.493 e. The second kappa shape index (κ2) is 24.5. The normalized spacial score (nSPS) is 11.3. The summed E-state index contributed by atoms with van der Waals surface area (Å²) in [4.78, 5) is 0. The molecule has 3 aromatic carbocycles. The van der Waals surface area contributed by atoms with Gasteiger partial charge in [-0.25, -0.2) is 0 Å². The number of hydrogen-bond donors (Lipinski definition) is 0. The van der Waals surface area contributed by atoms with Gasteiger partial charge in [0.2, 0.25) is 0 Å². The van der Waals surface area contributed by atoms with Crippen LogP contribution in [-0.2, 0) is 0 Å². The molecule has 3 rings (SSSR count). The third kappa shape index (κ3) is 15.9. The Kier molecular flexibility index (Phi) is 20.0. The lowest BCUT2D eigenvalue weighted by atomic mass is 9.85. The summed E-state index contributed by atoms with van der Waals surface area (Å²) in [5, 5.41) is 0. The van der Waals surface area contributed by atoms with Crippen molar-refractivity contribution in [1.29, 1.82) is 0 Å². The average molecular weight is 613 g/mol. The molecule has 0 N–H and O–H groups in total. The van der Waals surface area contributed by atoms with E-state index in [1.165, 1.54) is 132 Å².